The Morgan fingerprint density at radius 3 is 2.47 bits per heavy atom. The number of nitrogens with zero attached hydrogens (tertiary/aromatic N) is 2. The highest BCUT2D eigenvalue weighted by Gasteiger charge is 2.19. The maximum atomic E-state index is 12.6. The number of ether oxygens (including phenoxy) is 2. The lowest BCUT2D eigenvalue weighted by atomic mass is 10.1. The van der Waals surface area contributed by atoms with Crippen LogP contribution in [0.3, 0.4) is 0 Å². The minimum atomic E-state index is -3.03. The molecule has 0 aliphatic carbocycles. The van der Waals surface area contributed by atoms with Gasteiger partial charge in [-0.3, -0.25) is 4.79 Å². The number of benzene rings is 1. The monoisotopic (exact) mass is 462 g/mol. The fourth-order valence-electron chi connectivity index (χ4n) is 2.25. The van der Waals surface area contributed by atoms with Gasteiger partial charge in [-0.1, -0.05) is 22.9 Å². The van der Waals surface area contributed by atoms with E-state index in [0.717, 1.165) is 23.6 Å². The summed E-state index contributed by atoms with van der Waals surface area (Å²) in [7, 11) is 0. The second-order valence-corrected chi connectivity index (χ2v) is 6.88. The first-order valence-electron chi connectivity index (χ1n) is 7.96. The molecule has 0 spiro atoms. The number of anilines is 3. The molecular formula is C17H11ClF4N4O3S. The van der Waals surface area contributed by atoms with Crippen LogP contribution in [0.2, 0.25) is 5.02 Å². The van der Waals surface area contributed by atoms with Crippen molar-refractivity contribution in [2.24, 2.45) is 0 Å². The third-order valence-electron chi connectivity index (χ3n) is 3.47. The number of pyridine rings is 1. The van der Waals surface area contributed by atoms with Crippen LogP contribution in [0.25, 0.3) is 0 Å². The number of rotatable bonds is 8. The van der Waals surface area contributed by atoms with Crippen LogP contribution in [0.1, 0.15) is 15.2 Å². The van der Waals surface area contributed by atoms with Gasteiger partial charge in [0.25, 0.3) is 0 Å². The topological polar surface area (TPSA) is 99.4 Å². The van der Waals surface area contributed by atoms with Crippen LogP contribution in [0, 0.1) is 0 Å². The number of carbonyl (C=O) groups excluding carboxylic acids is 1. The van der Waals surface area contributed by atoms with E-state index >= 15 is 0 Å². The number of nitrogen functional groups attached to an aromatic ring is 1. The highest BCUT2D eigenvalue weighted by Crippen LogP contribution is 2.33. The van der Waals surface area contributed by atoms with Crippen molar-refractivity contribution >= 4 is 45.4 Å². The molecular weight excluding hydrogens is 452 g/mol. The minimum absolute atomic E-state index is 0.0571. The van der Waals surface area contributed by atoms with Crippen molar-refractivity contribution in [3.8, 4) is 11.6 Å². The lowest BCUT2D eigenvalue weighted by Crippen LogP contribution is -2.06. The van der Waals surface area contributed by atoms with Crippen LogP contribution in [0.4, 0.5) is 34.2 Å². The molecule has 13 heteroatoms. The Morgan fingerprint density at radius 1 is 1.13 bits per heavy atom. The van der Waals surface area contributed by atoms with Gasteiger partial charge in [-0.2, -0.15) is 17.6 Å². The number of hydrogen-bond acceptors (Lipinski definition) is 8. The Morgan fingerprint density at radius 2 is 1.87 bits per heavy atom. The van der Waals surface area contributed by atoms with Crippen molar-refractivity contribution in [3.63, 3.8) is 0 Å². The molecule has 0 fully saturated rings. The fraction of sp³-hybridized carbons (Fsp3) is 0.118. The van der Waals surface area contributed by atoms with Gasteiger partial charge in [0, 0.05) is 23.5 Å². The van der Waals surface area contributed by atoms with Crippen LogP contribution >= 0.6 is 22.9 Å². The van der Waals surface area contributed by atoms with Crippen molar-refractivity contribution < 1.29 is 31.8 Å². The molecule has 30 heavy (non-hydrogen) atoms. The average Bonchev–Trinajstić information content (AvgIpc) is 3.03. The first kappa shape index (κ1) is 21.6. The Bertz CT molecular complexity index is 1050. The highest BCUT2D eigenvalue weighted by atomic mass is 35.5. The molecule has 3 aromatic rings. The highest BCUT2D eigenvalue weighted by molar-refractivity contribution is 7.18. The smallest absolute Gasteiger partial charge is 0.388 e. The summed E-state index contributed by atoms with van der Waals surface area (Å²) in [4.78, 5) is 20.3. The molecule has 0 saturated carbocycles. The first-order valence-corrected chi connectivity index (χ1v) is 9.15. The van der Waals surface area contributed by atoms with Crippen LogP contribution in [-0.2, 0) is 0 Å². The van der Waals surface area contributed by atoms with Crippen molar-refractivity contribution in [2.75, 3.05) is 11.1 Å². The van der Waals surface area contributed by atoms with Gasteiger partial charge in [-0.25, -0.2) is 9.97 Å². The predicted molar refractivity (Wildman–Crippen MR) is 102 cm³/mol. The zero-order valence-corrected chi connectivity index (χ0v) is 16.2. The molecule has 0 bridgehead atoms. The first-order chi connectivity index (χ1) is 14.2. The van der Waals surface area contributed by atoms with E-state index in [2.05, 4.69) is 24.8 Å². The molecule has 2 heterocycles. The van der Waals surface area contributed by atoms with E-state index in [0.29, 0.717) is 5.69 Å². The fourth-order valence-corrected chi connectivity index (χ4v) is 3.34. The summed E-state index contributed by atoms with van der Waals surface area (Å²) in [6.07, 6.45) is 1.08. The predicted octanol–water partition coefficient (Wildman–Crippen LogP) is 4.95. The third kappa shape index (κ3) is 5.27. The lowest BCUT2D eigenvalue weighted by Gasteiger charge is -2.08. The van der Waals surface area contributed by atoms with Crippen LogP contribution in [-0.4, -0.2) is 29.0 Å². The Labute approximate surface area is 175 Å². The average molecular weight is 463 g/mol. The summed E-state index contributed by atoms with van der Waals surface area (Å²) in [5.41, 5.74) is 6.29. The Kier molecular flexibility index (Phi) is 6.57. The van der Waals surface area contributed by atoms with Crippen LogP contribution in [0.15, 0.2) is 36.5 Å². The molecule has 1 aromatic carbocycles. The molecule has 2 aromatic heterocycles. The molecule has 3 rings (SSSR count). The number of hydrogen-bond donors (Lipinski definition) is 2. The number of nitrogens with one attached hydrogen (secondary N) is 1. The van der Waals surface area contributed by atoms with E-state index in [1.54, 1.807) is 0 Å². The van der Waals surface area contributed by atoms with Crippen molar-refractivity contribution in [2.45, 2.75) is 13.2 Å². The maximum Gasteiger partial charge on any atom is 0.388 e. The van der Waals surface area contributed by atoms with Crippen molar-refractivity contribution in [3.05, 3.63) is 52.0 Å². The minimum Gasteiger partial charge on any atom is -0.433 e. The number of aromatic nitrogens is 2. The van der Waals surface area contributed by atoms with Crippen LogP contribution in [0.5, 0.6) is 11.6 Å². The molecule has 0 saturated heterocycles. The van der Waals surface area contributed by atoms with Gasteiger partial charge in [0.05, 0.1) is 5.02 Å². The zero-order chi connectivity index (χ0) is 21.8. The van der Waals surface area contributed by atoms with Gasteiger partial charge in [0.1, 0.15) is 16.4 Å². The molecule has 3 N–H and O–H groups in total. The second kappa shape index (κ2) is 9.13. The van der Waals surface area contributed by atoms with E-state index in [9.17, 15) is 22.4 Å². The van der Waals surface area contributed by atoms with E-state index < -0.39 is 19.0 Å². The summed E-state index contributed by atoms with van der Waals surface area (Å²) in [6, 6.07) is 6.40. The van der Waals surface area contributed by atoms with Gasteiger partial charge < -0.3 is 20.5 Å². The van der Waals surface area contributed by atoms with E-state index in [1.165, 1.54) is 24.3 Å². The third-order valence-corrected chi connectivity index (χ3v) is 4.75. The van der Waals surface area contributed by atoms with Gasteiger partial charge in [-0.05, 0) is 24.3 Å². The maximum absolute atomic E-state index is 12.6. The summed E-state index contributed by atoms with van der Waals surface area (Å²) in [6.45, 7) is -6.05. The number of alkyl halides is 4. The quantitative estimate of drug-likeness (QED) is 0.361. The standard InChI is InChI=1S/C17H11ClF4N4O3S/c18-9-5-8(2-3-10(9)28-15(19)20)25-17-26-14(23)13(30-17)12(27)7-1-4-11(24-6-7)29-16(21)22/h1-6,15-16H,23H2,(H,25,26). The Hall–Kier alpha value is -3.12. The molecule has 0 atom stereocenters. The summed E-state index contributed by atoms with van der Waals surface area (Å²) >= 11 is 6.82. The zero-order valence-electron chi connectivity index (χ0n) is 14.6. The number of nitrogens with two attached hydrogens (primary N) is 1. The van der Waals surface area contributed by atoms with E-state index in [1.807, 2.05) is 0 Å². The summed E-state index contributed by atoms with van der Waals surface area (Å²) in [5.74, 6) is -1.12. The van der Waals surface area contributed by atoms with Gasteiger partial charge in [0.15, 0.2) is 5.13 Å². The molecule has 0 amide bonds. The summed E-state index contributed by atoms with van der Waals surface area (Å²) in [5, 5.41) is 3.03. The molecule has 158 valence electrons. The number of ketones is 1. The van der Waals surface area contributed by atoms with Gasteiger partial charge in [-0.15, -0.1) is 0 Å². The number of halogens is 5. The SMILES string of the molecule is Nc1nc(Nc2ccc(OC(F)F)c(Cl)c2)sc1C(=O)c1ccc(OC(F)F)nc1. The molecule has 7 nitrogen and oxygen atoms in total. The number of thiazole rings is 1. The number of carbonyl (C=O) groups is 1. The Balaban J connectivity index is 1.75. The van der Waals surface area contributed by atoms with Crippen LogP contribution < -0.4 is 20.5 Å². The van der Waals surface area contributed by atoms with E-state index in [-0.39, 0.29) is 38.0 Å². The van der Waals surface area contributed by atoms with E-state index in [4.69, 9.17) is 17.3 Å². The van der Waals surface area contributed by atoms with Crippen molar-refractivity contribution in [1.29, 1.82) is 0 Å². The molecule has 0 aliphatic heterocycles. The normalized spacial score (nSPS) is 11.0. The van der Waals surface area contributed by atoms with Crippen molar-refractivity contribution in [1.82, 2.24) is 9.97 Å². The van der Waals surface area contributed by atoms with Gasteiger partial charge in [0.2, 0.25) is 11.7 Å². The molecule has 0 aliphatic rings. The van der Waals surface area contributed by atoms with Gasteiger partial charge >= 0.3 is 13.2 Å². The second-order valence-electron chi connectivity index (χ2n) is 5.47. The summed E-state index contributed by atoms with van der Waals surface area (Å²) < 4.78 is 57.3. The molecule has 0 radical (unpaired) electrons. The molecule has 0 unspecified atom stereocenters. The lowest BCUT2D eigenvalue weighted by molar-refractivity contribution is -0.0530. The largest absolute Gasteiger partial charge is 0.433 e.